The summed E-state index contributed by atoms with van der Waals surface area (Å²) in [6.07, 6.45) is 0. The van der Waals surface area contributed by atoms with Crippen LogP contribution < -0.4 is 16.2 Å². The number of hydrogen-bond acceptors (Lipinski definition) is 7. The van der Waals surface area contributed by atoms with Gasteiger partial charge in [-0.15, -0.1) is 0 Å². The summed E-state index contributed by atoms with van der Waals surface area (Å²) in [5.74, 6) is 1.31. The summed E-state index contributed by atoms with van der Waals surface area (Å²) in [4.78, 5) is 14.0. The summed E-state index contributed by atoms with van der Waals surface area (Å²) in [5.41, 5.74) is 13.2. The number of aliphatic imine (C=N–C) groups is 2. The van der Waals surface area contributed by atoms with Crippen LogP contribution in [-0.2, 0) is 4.84 Å². The van der Waals surface area contributed by atoms with E-state index >= 15 is 0 Å². The van der Waals surface area contributed by atoms with E-state index in [4.69, 9.17) is 21.0 Å². The van der Waals surface area contributed by atoms with Crippen LogP contribution in [0.15, 0.2) is 64.6 Å². The normalized spacial score (nSPS) is 16.9. The zero-order valence-electron chi connectivity index (χ0n) is 16.5. The van der Waals surface area contributed by atoms with Crippen molar-refractivity contribution in [1.82, 2.24) is 5.06 Å². The predicted molar refractivity (Wildman–Crippen MR) is 112 cm³/mol. The van der Waals surface area contributed by atoms with Crippen LogP contribution >= 0.6 is 0 Å². The number of hydroxylamine groups is 2. The van der Waals surface area contributed by atoms with E-state index in [2.05, 4.69) is 34.3 Å². The van der Waals surface area contributed by atoms with Gasteiger partial charge in [0, 0.05) is 5.92 Å². The van der Waals surface area contributed by atoms with E-state index in [1.54, 1.807) is 0 Å². The molecule has 0 amide bonds. The van der Waals surface area contributed by atoms with Crippen molar-refractivity contribution in [3.8, 4) is 16.9 Å². The van der Waals surface area contributed by atoms with Gasteiger partial charge in [0.25, 0.3) is 0 Å². The molecular weight excluding hydrogens is 354 g/mol. The van der Waals surface area contributed by atoms with Crippen molar-refractivity contribution in [3.63, 3.8) is 0 Å². The zero-order chi connectivity index (χ0) is 20.1. The Balaban J connectivity index is 1.49. The summed E-state index contributed by atoms with van der Waals surface area (Å²) in [6, 6.07) is 18.3. The van der Waals surface area contributed by atoms with Crippen LogP contribution in [0.3, 0.4) is 0 Å². The molecule has 1 heterocycles. The fourth-order valence-electron chi connectivity index (χ4n) is 2.88. The van der Waals surface area contributed by atoms with Gasteiger partial charge >= 0.3 is 0 Å². The number of rotatable bonds is 7. The summed E-state index contributed by atoms with van der Waals surface area (Å²) < 4.78 is 5.89. The third kappa shape index (κ3) is 4.80. The molecule has 0 unspecified atom stereocenters. The SMILES string of the molecule is C[C@@H](COc1ccc(-c2ccccc2)cc1)CON1C(N)=NC(N)=NC1(C)C. The summed E-state index contributed by atoms with van der Waals surface area (Å²) >= 11 is 0. The van der Waals surface area contributed by atoms with E-state index in [-0.39, 0.29) is 17.8 Å². The van der Waals surface area contributed by atoms with Gasteiger partial charge in [-0.25, -0.2) is 4.99 Å². The second-order valence-electron chi connectivity index (χ2n) is 7.33. The Labute approximate surface area is 165 Å². The Kier molecular flexibility index (Phi) is 5.84. The smallest absolute Gasteiger partial charge is 0.226 e. The number of ether oxygens (including phenoxy) is 1. The maximum absolute atomic E-state index is 5.92. The van der Waals surface area contributed by atoms with Crippen molar-refractivity contribution >= 4 is 11.9 Å². The zero-order valence-corrected chi connectivity index (χ0v) is 16.5. The highest BCUT2D eigenvalue weighted by Gasteiger charge is 2.33. The number of guanidine groups is 2. The third-order valence-corrected chi connectivity index (χ3v) is 4.31. The fraction of sp³-hybridized carbons (Fsp3) is 0.333. The molecule has 2 aromatic carbocycles. The molecule has 0 aromatic heterocycles. The highest BCUT2D eigenvalue weighted by molar-refractivity contribution is 5.95. The van der Waals surface area contributed by atoms with E-state index in [0.29, 0.717) is 13.2 Å². The van der Waals surface area contributed by atoms with Gasteiger partial charge in [0.15, 0.2) is 5.66 Å². The average molecular weight is 381 g/mol. The molecule has 1 aliphatic rings. The van der Waals surface area contributed by atoms with Crippen molar-refractivity contribution in [2.24, 2.45) is 27.4 Å². The Morgan fingerprint density at radius 3 is 2.25 bits per heavy atom. The first-order valence-electron chi connectivity index (χ1n) is 9.26. The number of benzene rings is 2. The lowest BCUT2D eigenvalue weighted by Gasteiger charge is -2.37. The van der Waals surface area contributed by atoms with Crippen LogP contribution in [0.4, 0.5) is 0 Å². The molecule has 0 saturated heterocycles. The van der Waals surface area contributed by atoms with Crippen molar-refractivity contribution in [2.75, 3.05) is 13.2 Å². The molecular formula is C21H27N5O2. The number of nitrogens with two attached hydrogens (primary N) is 2. The second-order valence-corrected chi connectivity index (χ2v) is 7.33. The minimum Gasteiger partial charge on any atom is -0.493 e. The van der Waals surface area contributed by atoms with Crippen molar-refractivity contribution in [3.05, 3.63) is 54.6 Å². The van der Waals surface area contributed by atoms with E-state index < -0.39 is 5.66 Å². The molecule has 2 aromatic rings. The van der Waals surface area contributed by atoms with Gasteiger partial charge in [0.05, 0.1) is 13.2 Å². The standard InChI is InChI=1S/C21H27N5O2/c1-15(14-28-26-20(23)24-19(22)25-21(26,2)3)13-27-18-11-9-17(10-12-18)16-7-5-4-6-8-16/h4-12,15H,13-14H2,1-3H3,(H4,22,23,24,25)/t15-/m0/s1. The van der Waals surface area contributed by atoms with Gasteiger partial charge in [-0.05, 0) is 37.1 Å². The minimum absolute atomic E-state index is 0.139. The molecule has 0 bridgehead atoms. The number of nitrogens with zero attached hydrogens (tertiary/aromatic N) is 3. The Bertz CT molecular complexity index is 847. The van der Waals surface area contributed by atoms with Crippen LogP contribution in [0.5, 0.6) is 5.75 Å². The first kappa shape index (κ1) is 19.7. The van der Waals surface area contributed by atoms with E-state index in [1.807, 2.05) is 51.1 Å². The van der Waals surface area contributed by atoms with Crippen molar-refractivity contribution in [2.45, 2.75) is 26.4 Å². The Morgan fingerprint density at radius 2 is 1.61 bits per heavy atom. The first-order chi connectivity index (χ1) is 13.3. The highest BCUT2D eigenvalue weighted by Crippen LogP contribution is 2.23. The van der Waals surface area contributed by atoms with Crippen molar-refractivity contribution in [1.29, 1.82) is 0 Å². The topological polar surface area (TPSA) is 98.5 Å². The molecule has 1 aliphatic heterocycles. The van der Waals surface area contributed by atoms with Gasteiger partial charge in [0.2, 0.25) is 11.9 Å². The average Bonchev–Trinajstić information content (AvgIpc) is 2.66. The predicted octanol–water partition coefficient (Wildman–Crippen LogP) is 2.98. The summed E-state index contributed by atoms with van der Waals surface area (Å²) in [6.45, 7) is 6.69. The maximum Gasteiger partial charge on any atom is 0.226 e. The minimum atomic E-state index is -0.705. The van der Waals surface area contributed by atoms with E-state index in [1.165, 1.54) is 10.6 Å². The molecule has 4 N–H and O–H groups in total. The van der Waals surface area contributed by atoms with Crippen LogP contribution in [0, 0.1) is 5.92 Å². The second kappa shape index (κ2) is 8.31. The van der Waals surface area contributed by atoms with E-state index in [9.17, 15) is 0 Å². The van der Waals surface area contributed by atoms with Gasteiger partial charge < -0.3 is 16.2 Å². The molecule has 0 spiro atoms. The lowest BCUT2D eigenvalue weighted by molar-refractivity contribution is -0.167. The number of hydrogen-bond donors (Lipinski definition) is 2. The lowest BCUT2D eigenvalue weighted by atomic mass is 10.1. The molecule has 0 saturated carbocycles. The summed E-state index contributed by atoms with van der Waals surface area (Å²) in [7, 11) is 0. The van der Waals surface area contributed by atoms with E-state index in [0.717, 1.165) is 11.3 Å². The molecule has 0 aliphatic carbocycles. The molecule has 148 valence electrons. The first-order valence-corrected chi connectivity index (χ1v) is 9.26. The molecule has 7 nitrogen and oxygen atoms in total. The van der Waals surface area contributed by atoms with Crippen LogP contribution in [-0.4, -0.2) is 35.9 Å². The fourth-order valence-corrected chi connectivity index (χ4v) is 2.88. The lowest BCUT2D eigenvalue weighted by Crippen LogP contribution is -2.54. The Hall–Kier alpha value is -3.06. The molecule has 7 heteroatoms. The molecule has 1 atom stereocenters. The van der Waals surface area contributed by atoms with Gasteiger partial charge in [-0.3, -0.25) is 4.84 Å². The molecule has 3 rings (SSSR count). The Morgan fingerprint density at radius 1 is 0.964 bits per heavy atom. The molecule has 28 heavy (non-hydrogen) atoms. The van der Waals surface area contributed by atoms with Gasteiger partial charge in [0.1, 0.15) is 5.75 Å². The van der Waals surface area contributed by atoms with Crippen LogP contribution in [0.25, 0.3) is 11.1 Å². The summed E-state index contributed by atoms with van der Waals surface area (Å²) in [5, 5.41) is 1.48. The molecule has 0 fully saturated rings. The van der Waals surface area contributed by atoms with Gasteiger partial charge in [-0.2, -0.15) is 10.1 Å². The quantitative estimate of drug-likeness (QED) is 0.768. The third-order valence-electron chi connectivity index (χ3n) is 4.31. The van der Waals surface area contributed by atoms with Crippen LogP contribution in [0.1, 0.15) is 20.8 Å². The van der Waals surface area contributed by atoms with Crippen molar-refractivity contribution < 1.29 is 9.57 Å². The largest absolute Gasteiger partial charge is 0.493 e. The van der Waals surface area contributed by atoms with Crippen LogP contribution in [0.2, 0.25) is 0 Å². The highest BCUT2D eigenvalue weighted by atomic mass is 16.7. The molecule has 0 radical (unpaired) electrons. The van der Waals surface area contributed by atoms with Gasteiger partial charge in [-0.1, -0.05) is 49.4 Å². The monoisotopic (exact) mass is 381 g/mol. The maximum atomic E-state index is 5.92.